The fourth-order valence-corrected chi connectivity index (χ4v) is 1.46. The number of nitrogens with one attached hydrogen (secondary N) is 1. The third-order valence-corrected chi connectivity index (χ3v) is 2.23. The maximum absolute atomic E-state index is 5.60. The number of anilines is 1. The SMILES string of the molecule is CCCc1nc(NN)cc(Oc2cccnc2)n1. The number of nitrogen functional groups attached to an aromatic ring is 1. The number of rotatable bonds is 5. The second kappa shape index (κ2) is 5.92. The predicted molar refractivity (Wildman–Crippen MR) is 68.1 cm³/mol. The normalized spacial score (nSPS) is 10.1. The molecule has 0 unspecified atom stereocenters. The Balaban J connectivity index is 2.24. The summed E-state index contributed by atoms with van der Waals surface area (Å²) >= 11 is 0. The van der Waals surface area contributed by atoms with Gasteiger partial charge in [0.1, 0.15) is 17.4 Å². The highest BCUT2D eigenvalue weighted by molar-refractivity contribution is 5.38. The summed E-state index contributed by atoms with van der Waals surface area (Å²) in [4.78, 5) is 12.5. The number of pyridine rings is 1. The van der Waals surface area contributed by atoms with Crippen LogP contribution in [0.1, 0.15) is 19.2 Å². The van der Waals surface area contributed by atoms with Crippen molar-refractivity contribution in [2.24, 2.45) is 5.84 Å². The van der Waals surface area contributed by atoms with E-state index in [4.69, 9.17) is 10.6 Å². The average Bonchev–Trinajstić information content (AvgIpc) is 2.40. The third-order valence-electron chi connectivity index (χ3n) is 2.23. The van der Waals surface area contributed by atoms with Crippen LogP contribution in [0.25, 0.3) is 0 Å². The van der Waals surface area contributed by atoms with E-state index in [0.717, 1.165) is 12.8 Å². The molecule has 6 heteroatoms. The maximum atomic E-state index is 5.60. The summed E-state index contributed by atoms with van der Waals surface area (Å²) in [5.41, 5.74) is 2.51. The number of ether oxygens (including phenoxy) is 1. The van der Waals surface area contributed by atoms with Gasteiger partial charge in [0.25, 0.3) is 0 Å². The molecule has 0 aliphatic carbocycles. The van der Waals surface area contributed by atoms with E-state index in [0.29, 0.717) is 23.3 Å². The van der Waals surface area contributed by atoms with E-state index < -0.39 is 0 Å². The van der Waals surface area contributed by atoms with Gasteiger partial charge < -0.3 is 10.2 Å². The van der Waals surface area contributed by atoms with Gasteiger partial charge in [0.2, 0.25) is 5.88 Å². The zero-order valence-corrected chi connectivity index (χ0v) is 10.1. The topological polar surface area (TPSA) is 86.0 Å². The molecule has 0 saturated carbocycles. The zero-order valence-electron chi connectivity index (χ0n) is 10.1. The number of aryl methyl sites for hydroxylation is 1. The van der Waals surface area contributed by atoms with Gasteiger partial charge in [-0.2, -0.15) is 4.98 Å². The van der Waals surface area contributed by atoms with Crippen molar-refractivity contribution in [2.75, 3.05) is 5.43 Å². The Hall–Kier alpha value is -2.21. The summed E-state index contributed by atoms with van der Waals surface area (Å²) in [5.74, 6) is 7.68. The van der Waals surface area contributed by atoms with Gasteiger partial charge in [-0.3, -0.25) is 4.98 Å². The van der Waals surface area contributed by atoms with Gasteiger partial charge in [-0.25, -0.2) is 10.8 Å². The van der Waals surface area contributed by atoms with Crippen molar-refractivity contribution in [3.63, 3.8) is 0 Å². The second-order valence-corrected chi connectivity index (χ2v) is 3.69. The summed E-state index contributed by atoms with van der Waals surface area (Å²) in [6, 6.07) is 5.25. The lowest BCUT2D eigenvalue weighted by Gasteiger charge is -2.08. The van der Waals surface area contributed by atoms with Gasteiger partial charge in [-0.15, -0.1) is 0 Å². The van der Waals surface area contributed by atoms with Gasteiger partial charge in [0.15, 0.2) is 0 Å². The first-order valence-electron chi connectivity index (χ1n) is 5.74. The molecule has 0 spiro atoms. The van der Waals surface area contributed by atoms with Crippen LogP contribution in [0.3, 0.4) is 0 Å². The lowest BCUT2D eigenvalue weighted by atomic mass is 10.3. The van der Waals surface area contributed by atoms with Crippen molar-refractivity contribution >= 4 is 5.82 Å². The molecule has 0 bridgehead atoms. The standard InChI is InChI=1S/C12H15N5O/c1-2-4-10-15-11(17-13)7-12(16-10)18-9-5-3-6-14-8-9/h3,5-8H,2,4,13H2,1H3,(H,15,16,17). The first kappa shape index (κ1) is 12.3. The monoisotopic (exact) mass is 245 g/mol. The van der Waals surface area contributed by atoms with Crippen LogP contribution in [0.2, 0.25) is 0 Å². The Morgan fingerprint density at radius 1 is 1.39 bits per heavy atom. The van der Waals surface area contributed by atoms with Gasteiger partial charge in [-0.1, -0.05) is 6.92 Å². The largest absolute Gasteiger partial charge is 0.437 e. The fourth-order valence-electron chi connectivity index (χ4n) is 1.46. The maximum Gasteiger partial charge on any atom is 0.224 e. The molecule has 2 aromatic heterocycles. The molecule has 0 aliphatic heterocycles. The second-order valence-electron chi connectivity index (χ2n) is 3.69. The van der Waals surface area contributed by atoms with Crippen LogP contribution >= 0.6 is 0 Å². The minimum absolute atomic E-state index is 0.453. The molecule has 2 aromatic rings. The molecule has 0 aromatic carbocycles. The number of hydrazine groups is 1. The summed E-state index contributed by atoms with van der Waals surface area (Å²) in [5, 5.41) is 0. The first-order chi connectivity index (χ1) is 8.81. The molecule has 0 atom stereocenters. The molecule has 18 heavy (non-hydrogen) atoms. The van der Waals surface area contributed by atoms with E-state index in [-0.39, 0.29) is 0 Å². The van der Waals surface area contributed by atoms with Crippen molar-refractivity contribution in [3.8, 4) is 11.6 Å². The van der Waals surface area contributed by atoms with Crippen LogP contribution in [0.15, 0.2) is 30.6 Å². The number of hydrogen-bond donors (Lipinski definition) is 2. The van der Waals surface area contributed by atoms with Crippen molar-refractivity contribution in [1.29, 1.82) is 0 Å². The Morgan fingerprint density at radius 2 is 2.28 bits per heavy atom. The zero-order chi connectivity index (χ0) is 12.8. The van der Waals surface area contributed by atoms with Crippen LogP contribution < -0.4 is 16.0 Å². The van der Waals surface area contributed by atoms with E-state index in [1.54, 1.807) is 24.5 Å². The lowest BCUT2D eigenvalue weighted by Crippen LogP contribution is -2.10. The summed E-state index contributed by atoms with van der Waals surface area (Å²) < 4.78 is 5.60. The molecular formula is C12H15N5O. The van der Waals surface area contributed by atoms with Crippen molar-refractivity contribution in [3.05, 3.63) is 36.4 Å². The van der Waals surface area contributed by atoms with E-state index in [1.165, 1.54) is 0 Å². The van der Waals surface area contributed by atoms with Crippen LogP contribution in [0, 0.1) is 0 Å². The summed E-state index contributed by atoms with van der Waals surface area (Å²) in [7, 11) is 0. The average molecular weight is 245 g/mol. The Morgan fingerprint density at radius 3 is 2.94 bits per heavy atom. The predicted octanol–water partition coefficient (Wildman–Crippen LogP) is 1.90. The summed E-state index contributed by atoms with van der Waals surface area (Å²) in [6.07, 6.45) is 5.04. The molecule has 0 radical (unpaired) electrons. The van der Waals surface area contributed by atoms with Crippen molar-refractivity contribution < 1.29 is 4.74 Å². The molecule has 0 amide bonds. The summed E-state index contributed by atoms with van der Waals surface area (Å²) in [6.45, 7) is 2.06. The van der Waals surface area contributed by atoms with E-state index in [2.05, 4.69) is 27.3 Å². The minimum atomic E-state index is 0.453. The lowest BCUT2D eigenvalue weighted by molar-refractivity contribution is 0.456. The fraction of sp³-hybridized carbons (Fsp3) is 0.250. The quantitative estimate of drug-likeness (QED) is 0.618. The molecule has 3 N–H and O–H groups in total. The molecule has 0 saturated heterocycles. The Labute approximate surface area is 105 Å². The number of hydrogen-bond acceptors (Lipinski definition) is 6. The highest BCUT2D eigenvalue weighted by Crippen LogP contribution is 2.20. The molecule has 2 heterocycles. The van der Waals surface area contributed by atoms with Crippen LogP contribution in [0.4, 0.5) is 5.82 Å². The first-order valence-corrected chi connectivity index (χ1v) is 5.74. The smallest absolute Gasteiger partial charge is 0.224 e. The van der Waals surface area contributed by atoms with E-state index >= 15 is 0 Å². The van der Waals surface area contributed by atoms with Crippen molar-refractivity contribution in [2.45, 2.75) is 19.8 Å². The van der Waals surface area contributed by atoms with Gasteiger partial charge in [0, 0.05) is 18.7 Å². The van der Waals surface area contributed by atoms with Gasteiger partial charge in [-0.05, 0) is 18.6 Å². The van der Waals surface area contributed by atoms with Gasteiger partial charge >= 0.3 is 0 Å². The minimum Gasteiger partial charge on any atom is -0.437 e. The van der Waals surface area contributed by atoms with E-state index in [9.17, 15) is 0 Å². The van der Waals surface area contributed by atoms with E-state index in [1.807, 2.05) is 6.07 Å². The molecule has 0 fully saturated rings. The molecule has 94 valence electrons. The number of aromatic nitrogens is 3. The molecule has 0 aliphatic rings. The highest BCUT2D eigenvalue weighted by atomic mass is 16.5. The molecular weight excluding hydrogens is 230 g/mol. The molecule has 6 nitrogen and oxygen atoms in total. The Bertz CT molecular complexity index is 503. The molecule has 2 rings (SSSR count). The van der Waals surface area contributed by atoms with Crippen LogP contribution in [-0.2, 0) is 6.42 Å². The Kier molecular flexibility index (Phi) is 4.03. The number of nitrogens with zero attached hydrogens (tertiary/aromatic N) is 3. The highest BCUT2D eigenvalue weighted by Gasteiger charge is 2.05. The van der Waals surface area contributed by atoms with Gasteiger partial charge in [0.05, 0.1) is 6.20 Å². The van der Waals surface area contributed by atoms with Crippen molar-refractivity contribution in [1.82, 2.24) is 15.0 Å². The third kappa shape index (κ3) is 3.14. The van der Waals surface area contributed by atoms with Crippen LogP contribution in [-0.4, -0.2) is 15.0 Å². The van der Waals surface area contributed by atoms with Crippen LogP contribution in [0.5, 0.6) is 11.6 Å². The number of nitrogens with two attached hydrogens (primary N) is 1.